The Morgan fingerprint density at radius 3 is 2.94 bits per heavy atom. The molecule has 0 spiro atoms. The van der Waals surface area contributed by atoms with Gasteiger partial charge in [-0.3, -0.25) is 0 Å². The number of benzene rings is 1. The van der Waals surface area contributed by atoms with E-state index in [1.54, 1.807) is 30.9 Å². The summed E-state index contributed by atoms with van der Waals surface area (Å²) in [6.45, 7) is 1.06. The highest BCUT2D eigenvalue weighted by molar-refractivity contribution is 5.89. The monoisotopic (exact) mass is 248 g/mol. The molecule has 0 radical (unpaired) electrons. The zero-order chi connectivity index (χ0) is 12.8. The molecule has 1 aromatic heterocycles. The number of carbonyl (C=O) groups excluding carboxylic acids is 1. The van der Waals surface area contributed by atoms with Crippen LogP contribution in [0, 0.1) is 5.82 Å². The van der Waals surface area contributed by atoms with Crippen molar-refractivity contribution >= 4 is 11.7 Å². The Hall–Kier alpha value is -2.37. The minimum absolute atomic E-state index is 0.164. The Kier molecular flexibility index (Phi) is 3.90. The van der Waals surface area contributed by atoms with E-state index >= 15 is 0 Å². The molecule has 2 N–H and O–H groups in total. The van der Waals surface area contributed by atoms with Gasteiger partial charge in [-0.25, -0.2) is 14.2 Å². The van der Waals surface area contributed by atoms with Gasteiger partial charge in [-0.2, -0.15) is 0 Å². The second-order valence-corrected chi connectivity index (χ2v) is 3.66. The third kappa shape index (κ3) is 3.31. The van der Waals surface area contributed by atoms with Crippen LogP contribution in [0.15, 0.2) is 43.0 Å². The van der Waals surface area contributed by atoms with Crippen LogP contribution in [0.25, 0.3) is 0 Å². The zero-order valence-electron chi connectivity index (χ0n) is 9.64. The van der Waals surface area contributed by atoms with E-state index in [2.05, 4.69) is 15.6 Å². The first-order valence-electron chi connectivity index (χ1n) is 5.51. The maximum Gasteiger partial charge on any atom is 0.319 e. The van der Waals surface area contributed by atoms with Gasteiger partial charge in [0.1, 0.15) is 5.82 Å². The fourth-order valence-corrected chi connectivity index (χ4v) is 1.45. The number of imidazole rings is 1. The van der Waals surface area contributed by atoms with E-state index < -0.39 is 11.8 Å². The third-order valence-corrected chi connectivity index (χ3v) is 2.34. The van der Waals surface area contributed by atoms with Crippen LogP contribution in [-0.4, -0.2) is 22.1 Å². The van der Waals surface area contributed by atoms with Crippen LogP contribution in [0.3, 0.4) is 0 Å². The molecule has 0 fully saturated rings. The number of nitrogens with zero attached hydrogens (tertiary/aromatic N) is 2. The Balaban J connectivity index is 1.77. The van der Waals surface area contributed by atoms with Crippen LogP contribution in [0.1, 0.15) is 0 Å². The number of hydrogen-bond acceptors (Lipinski definition) is 2. The van der Waals surface area contributed by atoms with E-state index in [-0.39, 0.29) is 5.69 Å². The van der Waals surface area contributed by atoms with Crippen LogP contribution in [0.4, 0.5) is 14.9 Å². The minimum Gasteiger partial charge on any atom is -0.336 e. The van der Waals surface area contributed by atoms with Gasteiger partial charge in [0.05, 0.1) is 12.0 Å². The molecule has 0 aliphatic carbocycles. The maximum absolute atomic E-state index is 13.2. The fourth-order valence-electron chi connectivity index (χ4n) is 1.45. The summed E-state index contributed by atoms with van der Waals surface area (Å²) < 4.78 is 15.1. The summed E-state index contributed by atoms with van der Waals surface area (Å²) in [6, 6.07) is 5.59. The van der Waals surface area contributed by atoms with Crippen LogP contribution in [0.5, 0.6) is 0 Å². The molecule has 0 atom stereocenters. The molecule has 0 bridgehead atoms. The average Bonchev–Trinajstić information content (AvgIpc) is 2.85. The van der Waals surface area contributed by atoms with Crippen molar-refractivity contribution in [1.29, 1.82) is 0 Å². The lowest BCUT2D eigenvalue weighted by atomic mass is 10.3. The predicted molar refractivity (Wildman–Crippen MR) is 65.6 cm³/mol. The summed E-state index contributed by atoms with van der Waals surface area (Å²) in [5.41, 5.74) is 0.164. The fraction of sp³-hybridized carbons (Fsp3) is 0.167. The zero-order valence-corrected chi connectivity index (χ0v) is 9.64. The summed E-state index contributed by atoms with van der Waals surface area (Å²) >= 11 is 0. The first-order chi connectivity index (χ1) is 8.75. The Morgan fingerprint density at radius 2 is 2.22 bits per heavy atom. The molecule has 0 saturated carbocycles. The lowest BCUT2D eigenvalue weighted by molar-refractivity contribution is 0.251. The molecule has 94 valence electrons. The average molecular weight is 248 g/mol. The smallest absolute Gasteiger partial charge is 0.319 e. The number of amides is 2. The highest BCUT2D eigenvalue weighted by Gasteiger charge is 2.04. The van der Waals surface area contributed by atoms with Gasteiger partial charge >= 0.3 is 6.03 Å². The summed E-state index contributed by atoms with van der Waals surface area (Å²) in [5.74, 6) is -0.456. The Labute approximate surface area is 104 Å². The SMILES string of the molecule is O=C(NCCn1ccnc1)Nc1ccccc1F. The van der Waals surface area contributed by atoms with Gasteiger partial charge in [-0.15, -0.1) is 0 Å². The van der Waals surface area contributed by atoms with Crippen LogP contribution >= 0.6 is 0 Å². The minimum atomic E-state index is -0.456. The highest BCUT2D eigenvalue weighted by Crippen LogP contribution is 2.11. The first-order valence-corrected chi connectivity index (χ1v) is 5.51. The molecule has 6 heteroatoms. The standard InChI is InChI=1S/C12H13FN4O/c13-10-3-1-2-4-11(10)16-12(18)15-6-8-17-7-5-14-9-17/h1-5,7,9H,6,8H2,(H2,15,16,18). The molecule has 1 aromatic carbocycles. The molecule has 0 aliphatic heterocycles. The van der Waals surface area contributed by atoms with Gasteiger partial charge < -0.3 is 15.2 Å². The van der Waals surface area contributed by atoms with E-state index in [0.29, 0.717) is 13.1 Å². The number of anilines is 1. The molecule has 0 unspecified atom stereocenters. The first kappa shape index (κ1) is 12.1. The summed E-state index contributed by atoms with van der Waals surface area (Å²) in [5, 5.41) is 5.07. The molecule has 5 nitrogen and oxygen atoms in total. The molecule has 2 rings (SSSR count). The number of para-hydroxylation sites is 1. The van der Waals surface area contributed by atoms with Crippen molar-refractivity contribution in [2.45, 2.75) is 6.54 Å². The van der Waals surface area contributed by atoms with Crippen molar-refractivity contribution in [3.8, 4) is 0 Å². The molecule has 18 heavy (non-hydrogen) atoms. The topological polar surface area (TPSA) is 59.0 Å². The Bertz CT molecular complexity index is 513. The van der Waals surface area contributed by atoms with Gasteiger partial charge in [0.2, 0.25) is 0 Å². The van der Waals surface area contributed by atoms with Crippen molar-refractivity contribution in [2.75, 3.05) is 11.9 Å². The summed E-state index contributed by atoms with van der Waals surface area (Å²) in [6.07, 6.45) is 5.13. The predicted octanol–water partition coefficient (Wildman–Crippen LogP) is 1.84. The number of nitrogens with one attached hydrogen (secondary N) is 2. The van der Waals surface area contributed by atoms with Crippen molar-refractivity contribution in [2.24, 2.45) is 0 Å². The van der Waals surface area contributed by atoms with Gasteiger partial charge in [-0.05, 0) is 12.1 Å². The van der Waals surface area contributed by atoms with Gasteiger partial charge in [-0.1, -0.05) is 12.1 Å². The normalized spacial score (nSPS) is 10.1. The molecule has 0 saturated heterocycles. The third-order valence-electron chi connectivity index (χ3n) is 2.34. The van der Waals surface area contributed by atoms with E-state index in [4.69, 9.17) is 0 Å². The van der Waals surface area contributed by atoms with E-state index in [0.717, 1.165) is 0 Å². The maximum atomic E-state index is 13.2. The molecule has 0 aliphatic rings. The summed E-state index contributed by atoms with van der Waals surface area (Å²) in [4.78, 5) is 15.4. The number of halogens is 1. The second kappa shape index (κ2) is 5.81. The molecule has 2 amide bonds. The second-order valence-electron chi connectivity index (χ2n) is 3.66. The quantitative estimate of drug-likeness (QED) is 0.867. The van der Waals surface area contributed by atoms with E-state index in [1.807, 2.05) is 4.57 Å². The van der Waals surface area contributed by atoms with Crippen LogP contribution < -0.4 is 10.6 Å². The lowest BCUT2D eigenvalue weighted by Gasteiger charge is -2.08. The van der Waals surface area contributed by atoms with E-state index in [1.165, 1.54) is 12.1 Å². The van der Waals surface area contributed by atoms with Crippen molar-refractivity contribution in [1.82, 2.24) is 14.9 Å². The number of rotatable bonds is 4. The van der Waals surface area contributed by atoms with Crippen molar-refractivity contribution in [3.05, 3.63) is 48.8 Å². The largest absolute Gasteiger partial charge is 0.336 e. The van der Waals surface area contributed by atoms with Gasteiger partial charge in [0.15, 0.2) is 0 Å². The highest BCUT2D eigenvalue weighted by atomic mass is 19.1. The van der Waals surface area contributed by atoms with Crippen molar-refractivity contribution < 1.29 is 9.18 Å². The number of hydrogen-bond donors (Lipinski definition) is 2. The number of urea groups is 1. The number of carbonyl (C=O) groups is 1. The van der Waals surface area contributed by atoms with Gasteiger partial charge in [0, 0.05) is 25.5 Å². The van der Waals surface area contributed by atoms with Crippen molar-refractivity contribution in [3.63, 3.8) is 0 Å². The molecular formula is C12H13FN4O. The van der Waals surface area contributed by atoms with E-state index in [9.17, 15) is 9.18 Å². The Morgan fingerprint density at radius 1 is 1.39 bits per heavy atom. The summed E-state index contributed by atoms with van der Waals surface area (Å²) in [7, 11) is 0. The van der Waals surface area contributed by atoms with Gasteiger partial charge in [0.25, 0.3) is 0 Å². The van der Waals surface area contributed by atoms with Crippen LogP contribution in [0.2, 0.25) is 0 Å². The molecule has 1 heterocycles. The molecular weight excluding hydrogens is 235 g/mol. The number of aromatic nitrogens is 2. The lowest BCUT2D eigenvalue weighted by Crippen LogP contribution is -2.31. The molecule has 2 aromatic rings. The van der Waals surface area contributed by atoms with Crippen LogP contribution in [-0.2, 0) is 6.54 Å².